The maximum absolute atomic E-state index is 12.8. The first-order chi connectivity index (χ1) is 12.2. The van der Waals surface area contributed by atoms with Crippen LogP contribution in [0.2, 0.25) is 0 Å². The third-order valence-electron chi connectivity index (χ3n) is 3.86. The van der Waals surface area contributed by atoms with E-state index in [0.717, 1.165) is 12.1 Å². The SMILES string of the molecule is CC(NC(=O)CCC(=O)c1ccc(F)cc1)c1ccc(C(F)(F)F)cc1. The van der Waals surface area contributed by atoms with Gasteiger partial charge in [0.25, 0.3) is 0 Å². The average Bonchev–Trinajstić information content (AvgIpc) is 2.59. The lowest BCUT2D eigenvalue weighted by Crippen LogP contribution is -2.27. The zero-order valence-corrected chi connectivity index (χ0v) is 13.9. The second-order valence-corrected chi connectivity index (χ2v) is 5.84. The molecule has 7 heteroatoms. The maximum Gasteiger partial charge on any atom is 0.416 e. The first-order valence-corrected chi connectivity index (χ1v) is 7.92. The number of nitrogens with one attached hydrogen (secondary N) is 1. The van der Waals surface area contributed by atoms with Crippen molar-refractivity contribution >= 4 is 11.7 Å². The quantitative estimate of drug-likeness (QED) is 0.595. The van der Waals surface area contributed by atoms with Crippen LogP contribution in [0.5, 0.6) is 0 Å². The Bertz CT molecular complexity index is 768. The third-order valence-corrected chi connectivity index (χ3v) is 3.86. The fraction of sp³-hybridized carbons (Fsp3) is 0.263. The summed E-state index contributed by atoms with van der Waals surface area (Å²) in [5.74, 6) is -1.14. The van der Waals surface area contributed by atoms with E-state index in [4.69, 9.17) is 0 Å². The molecule has 0 aromatic heterocycles. The van der Waals surface area contributed by atoms with Gasteiger partial charge in [-0.05, 0) is 48.9 Å². The number of Topliss-reactive ketones (excluding diaryl/α,β-unsaturated/α-hetero) is 1. The van der Waals surface area contributed by atoms with Gasteiger partial charge in [-0.2, -0.15) is 13.2 Å². The highest BCUT2D eigenvalue weighted by Gasteiger charge is 2.30. The van der Waals surface area contributed by atoms with E-state index in [1.165, 1.54) is 36.4 Å². The van der Waals surface area contributed by atoms with Crippen LogP contribution in [0.4, 0.5) is 17.6 Å². The summed E-state index contributed by atoms with van der Waals surface area (Å²) in [6.07, 6.45) is -4.52. The molecule has 0 heterocycles. The van der Waals surface area contributed by atoms with Crippen molar-refractivity contribution in [1.29, 1.82) is 0 Å². The maximum atomic E-state index is 12.8. The Labute approximate surface area is 148 Å². The minimum Gasteiger partial charge on any atom is -0.350 e. The zero-order valence-electron chi connectivity index (χ0n) is 13.9. The van der Waals surface area contributed by atoms with Crippen molar-refractivity contribution in [1.82, 2.24) is 5.32 Å². The number of hydrogen-bond acceptors (Lipinski definition) is 2. The number of carbonyl (C=O) groups is 2. The van der Waals surface area contributed by atoms with Gasteiger partial charge in [0.15, 0.2) is 5.78 Å². The van der Waals surface area contributed by atoms with Crippen molar-refractivity contribution in [3.8, 4) is 0 Å². The van der Waals surface area contributed by atoms with E-state index in [1.54, 1.807) is 6.92 Å². The van der Waals surface area contributed by atoms with E-state index in [9.17, 15) is 27.2 Å². The van der Waals surface area contributed by atoms with Crippen molar-refractivity contribution < 1.29 is 27.2 Å². The topological polar surface area (TPSA) is 46.2 Å². The van der Waals surface area contributed by atoms with Gasteiger partial charge in [0.05, 0.1) is 11.6 Å². The molecule has 0 radical (unpaired) electrons. The number of hydrogen-bond donors (Lipinski definition) is 1. The van der Waals surface area contributed by atoms with E-state index >= 15 is 0 Å². The van der Waals surface area contributed by atoms with Crippen LogP contribution in [0.1, 0.15) is 47.3 Å². The molecule has 0 aliphatic heterocycles. The van der Waals surface area contributed by atoms with Gasteiger partial charge in [-0.3, -0.25) is 9.59 Å². The van der Waals surface area contributed by atoms with E-state index in [-0.39, 0.29) is 18.6 Å². The van der Waals surface area contributed by atoms with Crippen LogP contribution in [0.25, 0.3) is 0 Å². The molecular weight excluding hydrogens is 350 g/mol. The Morgan fingerprint density at radius 3 is 2.08 bits per heavy atom. The Morgan fingerprint density at radius 2 is 1.54 bits per heavy atom. The molecular formula is C19H17F4NO2. The van der Waals surface area contributed by atoms with E-state index in [1.807, 2.05) is 0 Å². The predicted molar refractivity (Wildman–Crippen MR) is 88.0 cm³/mol. The number of alkyl halides is 3. The Morgan fingerprint density at radius 1 is 0.962 bits per heavy atom. The molecule has 0 saturated carbocycles. The van der Waals surface area contributed by atoms with Crippen molar-refractivity contribution in [3.63, 3.8) is 0 Å². The summed E-state index contributed by atoms with van der Waals surface area (Å²) in [6.45, 7) is 1.64. The van der Waals surface area contributed by atoms with Gasteiger partial charge in [-0.1, -0.05) is 12.1 Å². The molecule has 0 aliphatic rings. The summed E-state index contributed by atoms with van der Waals surface area (Å²) in [7, 11) is 0. The van der Waals surface area contributed by atoms with E-state index in [0.29, 0.717) is 11.1 Å². The van der Waals surface area contributed by atoms with Gasteiger partial charge >= 0.3 is 6.18 Å². The molecule has 3 nitrogen and oxygen atoms in total. The molecule has 138 valence electrons. The number of amides is 1. The highest BCUT2D eigenvalue weighted by Crippen LogP contribution is 2.29. The number of halogens is 4. The molecule has 1 atom stereocenters. The van der Waals surface area contributed by atoms with Crippen LogP contribution in [-0.2, 0) is 11.0 Å². The summed E-state index contributed by atoms with van der Waals surface area (Å²) in [5, 5.41) is 2.64. The lowest BCUT2D eigenvalue weighted by atomic mass is 10.0. The van der Waals surface area contributed by atoms with E-state index < -0.39 is 29.5 Å². The molecule has 1 amide bonds. The lowest BCUT2D eigenvalue weighted by Gasteiger charge is -2.15. The zero-order chi connectivity index (χ0) is 19.3. The van der Waals surface area contributed by atoms with Crippen LogP contribution >= 0.6 is 0 Å². The van der Waals surface area contributed by atoms with Gasteiger partial charge in [0.2, 0.25) is 5.91 Å². The van der Waals surface area contributed by atoms with Crippen molar-refractivity contribution in [3.05, 3.63) is 71.0 Å². The van der Waals surface area contributed by atoms with Crippen LogP contribution < -0.4 is 5.32 Å². The van der Waals surface area contributed by atoms with Crippen LogP contribution in [0, 0.1) is 5.82 Å². The van der Waals surface area contributed by atoms with Crippen molar-refractivity contribution in [2.24, 2.45) is 0 Å². The summed E-state index contributed by atoms with van der Waals surface area (Å²) in [6, 6.07) is 9.05. The molecule has 2 rings (SSSR count). The smallest absolute Gasteiger partial charge is 0.350 e. The number of ketones is 1. The summed E-state index contributed by atoms with van der Waals surface area (Å²) in [4.78, 5) is 23.9. The number of benzene rings is 2. The van der Waals surface area contributed by atoms with E-state index in [2.05, 4.69) is 5.32 Å². The monoisotopic (exact) mass is 367 g/mol. The standard InChI is InChI=1S/C19H17F4NO2/c1-12(13-2-6-15(7-3-13)19(21,22)23)24-18(26)11-10-17(25)14-4-8-16(20)9-5-14/h2-9,12H,10-11H2,1H3,(H,24,26). The third kappa shape index (κ3) is 5.40. The van der Waals surface area contributed by atoms with Crippen LogP contribution in [0.3, 0.4) is 0 Å². The van der Waals surface area contributed by atoms with Gasteiger partial charge in [-0.15, -0.1) is 0 Å². The Kier molecular flexibility index (Phi) is 6.13. The molecule has 0 aliphatic carbocycles. The molecule has 2 aromatic rings. The second-order valence-electron chi connectivity index (χ2n) is 5.84. The first-order valence-electron chi connectivity index (χ1n) is 7.92. The molecule has 0 bridgehead atoms. The highest BCUT2D eigenvalue weighted by atomic mass is 19.4. The second kappa shape index (κ2) is 8.12. The molecule has 0 spiro atoms. The molecule has 1 N–H and O–H groups in total. The summed E-state index contributed by atoms with van der Waals surface area (Å²) < 4.78 is 50.5. The van der Waals surface area contributed by atoms with Gasteiger partial charge in [-0.25, -0.2) is 4.39 Å². The molecule has 0 fully saturated rings. The normalized spacial score (nSPS) is 12.5. The molecule has 1 unspecified atom stereocenters. The highest BCUT2D eigenvalue weighted by molar-refractivity contribution is 5.97. The Balaban J connectivity index is 1.87. The fourth-order valence-electron chi connectivity index (χ4n) is 2.36. The van der Waals surface area contributed by atoms with Crippen molar-refractivity contribution in [2.45, 2.75) is 32.0 Å². The minimum absolute atomic E-state index is 0.0444. The van der Waals surface area contributed by atoms with Crippen LogP contribution in [-0.4, -0.2) is 11.7 Å². The molecule has 26 heavy (non-hydrogen) atoms. The van der Waals surface area contributed by atoms with Gasteiger partial charge in [0, 0.05) is 18.4 Å². The summed E-state index contributed by atoms with van der Waals surface area (Å²) in [5.41, 5.74) is 0.0795. The van der Waals surface area contributed by atoms with Gasteiger partial charge < -0.3 is 5.32 Å². The van der Waals surface area contributed by atoms with Crippen molar-refractivity contribution in [2.75, 3.05) is 0 Å². The molecule has 2 aromatic carbocycles. The van der Waals surface area contributed by atoms with Gasteiger partial charge in [0.1, 0.15) is 5.82 Å². The van der Waals surface area contributed by atoms with Crippen LogP contribution in [0.15, 0.2) is 48.5 Å². The first kappa shape index (κ1) is 19.6. The number of carbonyl (C=O) groups excluding carboxylic acids is 2. The predicted octanol–water partition coefficient (Wildman–Crippen LogP) is 4.68. The fourth-order valence-corrected chi connectivity index (χ4v) is 2.36. The summed E-state index contributed by atoms with van der Waals surface area (Å²) >= 11 is 0. The number of rotatable bonds is 6. The Hall–Kier alpha value is -2.70. The largest absolute Gasteiger partial charge is 0.416 e. The molecule has 0 saturated heterocycles. The lowest BCUT2D eigenvalue weighted by molar-refractivity contribution is -0.137. The minimum atomic E-state index is -4.41. The average molecular weight is 367 g/mol.